The molecule has 0 bridgehead atoms. The third-order valence-corrected chi connectivity index (χ3v) is 4.97. The lowest BCUT2D eigenvalue weighted by molar-refractivity contribution is 0.0861. The molecule has 3 rings (SSSR count). The molecule has 1 aliphatic heterocycles. The van der Waals surface area contributed by atoms with Crippen LogP contribution in [0.3, 0.4) is 0 Å². The van der Waals surface area contributed by atoms with Gasteiger partial charge in [0.15, 0.2) is 0 Å². The molecule has 0 aromatic heterocycles. The quantitative estimate of drug-likeness (QED) is 0.866. The molecule has 1 heterocycles. The molecule has 1 unspecified atom stereocenters. The van der Waals surface area contributed by atoms with Gasteiger partial charge in [-0.15, -0.1) is 0 Å². The maximum atomic E-state index is 6.16. The second-order valence-electron chi connectivity index (χ2n) is 6.89. The lowest BCUT2D eigenvalue weighted by Crippen LogP contribution is -2.50. The van der Waals surface area contributed by atoms with E-state index in [-0.39, 0.29) is 5.54 Å². The van der Waals surface area contributed by atoms with E-state index in [9.17, 15) is 0 Å². The number of nitrogens with two attached hydrogens (primary N) is 1. The number of fused-ring (bicyclic) bond motifs is 1. The van der Waals surface area contributed by atoms with Crippen molar-refractivity contribution in [2.45, 2.75) is 51.7 Å². The molecule has 1 atom stereocenters. The Kier molecular flexibility index (Phi) is 2.76. The van der Waals surface area contributed by atoms with Crippen LogP contribution in [0, 0.1) is 5.41 Å². The van der Waals surface area contributed by atoms with Crippen LogP contribution in [-0.4, -0.2) is 17.0 Å². The van der Waals surface area contributed by atoms with E-state index < -0.39 is 0 Å². The first-order valence-corrected chi connectivity index (χ1v) is 7.07. The van der Waals surface area contributed by atoms with Gasteiger partial charge in [-0.1, -0.05) is 38.1 Å². The summed E-state index contributed by atoms with van der Waals surface area (Å²) in [5.41, 5.74) is 9.84. The van der Waals surface area contributed by atoms with E-state index in [4.69, 9.17) is 5.73 Å². The van der Waals surface area contributed by atoms with Gasteiger partial charge in [-0.05, 0) is 35.8 Å². The smallest absolute Gasteiger partial charge is 0.0344 e. The molecule has 2 nitrogen and oxygen atoms in total. The molecule has 1 saturated carbocycles. The Labute approximate surface area is 110 Å². The number of rotatable bonds is 2. The molecule has 0 radical (unpaired) electrons. The first kappa shape index (κ1) is 12.2. The topological polar surface area (TPSA) is 29.3 Å². The fourth-order valence-electron chi connectivity index (χ4n) is 3.88. The molecule has 1 aromatic carbocycles. The van der Waals surface area contributed by atoms with Gasteiger partial charge < -0.3 is 5.73 Å². The molecule has 2 N–H and O–H groups in total. The molecule has 1 aliphatic carbocycles. The van der Waals surface area contributed by atoms with Gasteiger partial charge in [-0.2, -0.15) is 0 Å². The molecule has 98 valence electrons. The Morgan fingerprint density at radius 2 is 1.72 bits per heavy atom. The Morgan fingerprint density at radius 3 is 2.17 bits per heavy atom. The molecule has 1 fully saturated rings. The first-order chi connectivity index (χ1) is 8.55. The first-order valence-electron chi connectivity index (χ1n) is 7.07. The summed E-state index contributed by atoms with van der Waals surface area (Å²) < 4.78 is 0. The normalized spacial score (nSPS) is 30.6. The van der Waals surface area contributed by atoms with Crippen molar-refractivity contribution in [3.05, 3.63) is 35.4 Å². The molecular formula is C16H24N2. The zero-order chi connectivity index (χ0) is 12.8. The molecule has 2 aliphatic rings. The van der Waals surface area contributed by atoms with Gasteiger partial charge in [0.1, 0.15) is 0 Å². The van der Waals surface area contributed by atoms with Crippen molar-refractivity contribution in [2.75, 3.05) is 6.54 Å². The van der Waals surface area contributed by atoms with Crippen molar-refractivity contribution in [1.82, 2.24) is 4.90 Å². The van der Waals surface area contributed by atoms with Crippen LogP contribution in [0.5, 0.6) is 0 Å². The molecule has 0 amide bonds. The maximum Gasteiger partial charge on any atom is 0.0344 e. The third kappa shape index (κ3) is 1.88. The van der Waals surface area contributed by atoms with E-state index in [2.05, 4.69) is 43.0 Å². The lowest BCUT2D eigenvalue weighted by Gasteiger charge is -2.39. The maximum absolute atomic E-state index is 6.16. The average Bonchev–Trinajstić information content (AvgIpc) is 2.90. The zero-order valence-electron chi connectivity index (χ0n) is 11.6. The van der Waals surface area contributed by atoms with Gasteiger partial charge in [0.25, 0.3) is 0 Å². The highest BCUT2D eigenvalue weighted by molar-refractivity contribution is 5.31. The highest BCUT2D eigenvalue weighted by Gasteiger charge is 2.47. The van der Waals surface area contributed by atoms with E-state index in [0.29, 0.717) is 5.41 Å². The van der Waals surface area contributed by atoms with E-state index >= 15 is 0 Å². The zero-order valence-corrected chi connectivity index (χ0v) is 11.6. The van der Waals surface area contributed by atoms with Crippen LogP contribution in [0.2, 0.25) is 0 Å². The van der Waals surface area contributed by atoms with Crippen LogP contribution in [0.4, 0.5) is 0 Å². The van der Waals surface area contributed by atoms with E-state index in [1.807, 2.05) is 0 Å². The van der Waals surface area contributed by atoms with Crippen LogP contribution in [0.1, 0.15) is 44.2 Å². The Morgan fingerprint density at radius 1 is 1.11 bits per heavy atom. The Bertz CT molecular complexity index is 427. The third-order valence-electron chi connectivity index (χ3n) is 4.97. The number of hydrogen-bond donors (Lipinski definition) is 1. The predicted octanol–water partition coefficient (Wildman–Crippen LogP) is 2.91. The summed E-state index contributed by atoms with van der Waals surface area (Å²) >= 11 is 0. The summed E-state index contributed by atoms with van der Waals surface area (Å²) in [6.45, 7) is 7.73. The molecule has 18 heavy (non-hydrogen) atoms. The SMILES string of the molecule is CC1(C)CCC(CN)(N2Cc3ccccc3C2)C1. The second-order valence-corrected chi connectivity index (χ2v) is 6.89. The van der Waals surface area contributed by atoms with Gasteiger partial charge in [-0.25, -0.2) is 0 Å². The lowest BCUT2D eigenvalue weighted by atomic mass is 9.87. The van der Waals surface area contributed by atoms with E-state index in [1.54, 1.807) is 0 Å². The summed E-state index contributed by atoms with van der Waals surface area (Å²) in [7, 11) is 0. The minimum Gasteiger partial charge on any atom is -0.329 e. The average molecular weight is 244 g/mol. The summed E-state index contributed by atoms with van der Waals surface area (Å²) in [4.78, 5) is 2.63. The van der Waals surface area contributed by atoms with E-state index in [1.165, 1.54) is 30.4 Å². The van der Waals surface area contributed by atoms with Crippen LogP contribution in [-0.2, 0) is 13.1 Å². The standard InChI is InChI=1S/C16H24N2/c1-15(2)7-8-16(11-15,12-17)18-9-13-5-3-4-6-14(13)10-18/h3-6H,7-12,17H2,1-2H3. The van der Waals surface area contributed by atoms with Crippen LogP contribution in [0.25, 0.3) is 0 Å². The van der Waals surface area contributed by atoms with Crippen molar-refractivity contribution in [2.24, 2.45) is 11.1 Å². The van der Waals surface area contributed by atoms with Crippen LogP contribution >= 0.6 is 0 Å². The Balaban J connectivity index is 1.84. The van der Waals surface area contributed by atoms with Crippen molar-refractivity contribution in [1.29, 1.82) is 0 Å². The van der Waals surface area contributed by atoms with Gasteiger partial charge in [0.2, 0.25) is 0 Å². The number of nitrogens with zero attached hydrogens (tertiary/aromatic N) is 1. The van der Waals surface area contributed by atoms with Crippen LogP contribution < -0.4 is 5.73 Å². The number of hydrogen-bond acceptors (Lipinski definition) is 2. The van der Waals surface area contributed by atoms with Gasteiger partial charge in [-0.3, -0.25) is 4.90 Å². The van der Waals surface area contributed by atoms with Crippen molar-refractivity contribution >= 4 is 0 Å². The van der Waals surface area contributed by atoms with Gasteiger partial charge >= 0.3 is 0 Å². The predicted molar refractivity (Wildman–Crippen MR) is 75.1 cm³/mol. The molecular weight excluding hydrogens is 220 g/mol. The second kappa shape index (κ2) is 4.07. The largest absolute Gasteiger partial charge is 0.329 e. The van der Waals surface area contributed by atoms with Gasteiger partial charge in [0.05, 0.1) is 0 Å². The molecule has 0 spiro atoms. The van der Waals surface area contributed by atoms with Crippen LogP contribution in [0.15, 0.2) is 24.3 Å². The minimum atomic E-state index is 0.239. The van der Waals surface area contributed by atoms with Crippen molar-refractivity contribution in [3.63, 3.8) is 0 Å². The monoisotopic (exact) mass is 244 g/mol. The van der Waals surface area contributed by atoms with E-state index in [0.717, 1.165) is 19.6 Å². The van der Waals surface area contributed by atoms with Gasteiger partial charge in [0, 0.05) is 25.2 Å². The Hall–Kier alpha value is -0.860. The van der Waals surface area contributed by atoms with Crippen molar-refractivity contribution in [3.8, 4) is 0 Å². The highest BCUT2D eigenvalue weighted by atomic mass is 15.2. The summed E-state index contributed by atoms with van der Waals surface area (Å²) in [5, 5.41) is 0. The molecule has 2 heteroatoms. The highest BCUT2D eigenvalue weighted by Crippen LogP contribution is 2.48. The summed E-state index contributed by atoms with van der Waals surface area (Å²) in [6, 6.07) is 8.82. The fourth-order valence-corrected chi connectivity index (χ4v) is 3.88. The fraction of sp³-hybridized carbons (Fsp3) is 0.625. The van der Waals surface area contributed by atoms with Crippen molar-refractivity contribution < 1.29 is 0 Å². The summed E-state index contributed by atoms with van der Waals surface area (Å²) in [5.74, 6) is 0. The molecule has 1 aromatic rings. The summed E-state index contributed by atoms with van der Waals surface area (Å²) in [6.07, 6.45) is 3.80. The number of benzene rings is 1. The molecule has 0 saturated heterocycles. The minimum absolute atomic E-state index is 0.239.